The van der Waals surface area contributed by atoms with Crippen LogP contribution in [0.4, 0.5) is 0 Å². The molecule has 0 saturated heterocycles. The Balaban J connectivity index is 2.43. The van der Waals surface area contributed by atoms with Gasteiger partial charge in [-0.25, -0.2) is 0 Å². The molecule has 0 aliphatic rings. The Morgan fingerprint density at radius 1 is 1.05 bits per heavy atom. The van der Waals surface area contributed by atoms with Crippen molar-refractivity contribution in [2.75, 3.05) is 13.7 Å². The topological polar surface area (TPSA) is 21.3 Å². The number of benzene rings is 2. The zero-order valence-electron chi connectivity index (χ0n) is 11.5. The minimum Gasteiger partial charge on any atom is -0.497 e. The molecule has 0 heterocycles. The smallest absolute Gasteiger partial charge is 0.119 e. The summed E-state index contributed by atoms with van der Waals surface area (Å²) in [7, 11) is 1.66. The van der Waals surface area contributed by atoms with E-state index < -0.39 is 0 Å². The number of hydrogen-bond donors (Lipinski definition) is 1. The third-order valence-electron chi connectivity index (χ3n) is 3.05. The summed E-state index contributed by atoms with van der Waals surface area (Å²) in [5.41, 5.74) is 2.15. The summed E-state index contributed by atoms with van der Waals surface area (Å²) in [6.45, 7) is 2.91. The molecule has 106 valence electrons. The van der Waals surface area contributed by atoms with E-state index in [0.29, 0.717) is 10.0 Å². The lowest BCUT2D eigenvalue weighted by Gasteiger charge is -2.20. The van der Waals surface area contributed by atoms with Crippen molar-refractivity contribution >= 4 is 23.2 Å². The molecule has 0 amide bonds. The second-order valence-corrected chi connectivity index (χ2v) is 5.34. The molecule has 2 nitrogen and oxygen atoms in total. The van der Waals surface area contributed by atoms with E-state index in [1.54, 1.807) is 13.2 Å². The van der Waals surface area contributed by atoms with E-state index in [9.17, 15) is 0 Å². The highest BCUT2D eigenvalue weighted by Gasteiger charge is 2.14. The van der Waals surface area contributed by atoms with Crippen molar-refractivity contribution in [1.29, 1.82) is 0 Å². The average Bonchev–Trinajstić information content (AvgIpc) is 2.43. The quantitative estimate of drug-likeness (QED) is 0.864. The predicted molar refractivity (Wildman–Crippen MR) is 85.0 cm³/mol. The number of rotatable bonds is 5. The van der Waals surface area contributed by atoms with Gasteiger partial charge < -0.3 is 10.1 Å². The lowest BCUT2D eigenvalue weighted by atomic mass is 9.98. The fourth-order valence-electron chi connectivity index (χ4n) is 2.20. The molecular weight excluding hydrogens is 293 g/mol. The second-order valence-electron chi connectivity index (χ2n) is 4.47. The van der Waals surface area contributed by atoms with E-state index in [0.717, 1.165) is 23.4 Å². The predicted octanol–water partition coefficient (Wildman–Crippen LogP) is 4.70. The van der Waals surface area contributed by atoms with Crippen LogP contribution in [-0.2, 0) is 0 Å². The van der Waals surface area contributed by atoms with Gasteiger partial charge >= 0.3 is 0 Å². The van der Waals surface area contributed by atoms with Crippen LogP contribution in [0.15, 0.2) is 42.5 Å². The van der Waals surface area contributed by atoms with Crippen LogP contribution in [-0.4, -0.2) is 13.7 Å². The average molecular weight is 310 g/mol. The molecule has 2 aromatic rings. The van der Waals surface area contributed by atoms with E-state index >= 15 is 0 Å². The van der Waals surface area contributed by atoms with Crippen LogP contribution in [0.2, 0.25) is 10.0 Å². The molecule has 0 radical (unpaired) electrons. The van der Waals surface area contributed by atoms with Gasteiger partial charge in [-0.15, -0.1) is 0 Å². The standard InChI is InChI=1S/C16H17Cl2NO/c1-3-19-16(11-5-4-6-15(9-11)20-2)12-7-13(17)10-14(18)8-12/h4-10,16,19H,3H2,1-2H3. The third kappa shape index (κ3) is 3.66. The van der Waals surface area contributed by atoms with Gasteiger partial charge in [-0.1, -0.05) is 42.3 Å². The Labute approximate surface area is 129 Å². The highest BCUT2D eigenvalue weighted by Crippen LogP contribution is 2.29. The van der Waals surface area contributed by atoms with Crippen LogP contribution in [0.1, 0.15) is 24.1 Å². The minimum absolute atomic E-state index is 0.0336. The molecule has 4 heteroatoms. The van der Waals surface area contributed by atoms with Crippen LogP contribution >= 0.6 is 23.2 Å². The molecule has 0 aliphatic carbocycles. The minimum atomic E-state index is 0.0336. The van der Waals surface area contributed by atoms with Gasteiger partial charge in [-0.2, -0.15) is 0 Å². The molecule has 0 saturated carbocycles. The maximum absolute atomic E-state index is 6.10. The van der Waals surface area contributed by atoms with E-state index in [4.69, 9.17) is 27.9 Å². The van der Waals surface area contributed by atoms with E-state index in [-0.39, 0.29) is 6.04 Å². The van der Waals surface area contributed by atoms with Crippen LogP contribution in [0.5, 0.6) is 5.75 Å². The van der Waals surface area contributed by atoms with E-state index in [1.165, 1.54) is 0 Å². The molecule has 1 atom stereocenters. The Kier molecular flexibility index (Phi) is 5.30. The van der Waals surface area contributed by atoms with Gasteiger partial charge in [-0.05, 0) is 48.0 Å². The summed E-state index contributed by atoms with van der Waals surface area (Å²) in [6, 6.07) is 13.6. The summed E-state index contributed by atoms with van der Waals surface area (Å²) in [4.78, 5) is 0. The lowest BCUT2D eigenvalue weighted by molar-refractivity contribution is 0.413. The number of halogens is 2. The first kappa shape index (κ1) is 15.2. The van der Waals surface area contributed by atoms with Crippen molar-refractivity contribution < 1.29 is 4.74 Å². The molecule has 1 unspecified atom stereocenters. The van der Waals surface area contributed by atoms with Crippen LogP contribution in [0, 0.1) is 0 Å². The van der Waals surface area contributed by atoms with E-state index in [1.807, 2.05) is 30.3 Å². The van der Waals surface area contributed by atoms with Gasteiger partial charge in [0.15, 0.2) is 0 Å². The second kappa shape index (κ2) is 6.98. The summed E-state index contributed by atoms with van der Waals surface area (Å²) in [6.07, 6.45) is 0. The molecule has 2 rings (SSSR count). The number of hydrogen-bond acceptors (Lipinski definition) is 2. The molecular formula is C16H17Cl2NO. The van der Waals surface area contributed by atoms with Gasteiger partial charge in [0.2, 0.25) is 0 Å². The third-order valence-corrected chi connectivity index (χ3v) is 3.49. The van der Waals surface area contributed by atoms with Crippen LogP contribution in [0.25, 0.3) is 0 Å². The lowest BCUT2D eigenvalue weighted by Crippen LogP contribution is -2.22. The first-order chi connectivity index (χ1) is 9.63. The van der Waals surface area contributed by atoms with Gasteiger partial charge in [0.25, 0.3) is 0 Å². The molecule has 2 aromatic carbocycles. The van der Waals surface area contributed by atoms with Crippen LogP contribution in [0.3, 0.4) is 0 Å². The van der Waals surface area contributed by atoms with Crippen molar-refractivity contribution in [2.45, 2.75) is 13.0 Å². The van der Waals surface area contributed by atoms with Gasteiger partial charge in [0, 0.05) is 10.0 Å². The van der Waals surface area contributed by atoms with E-state index in [2.05, 4.69) is 18.3 Å². The summed E-state index contributed by atoms with van der Waals surface area (Å²) in [5, 5.41) is 4.72. The van der Waals surface area contributed by atoms with Gasteiger partial charge in [0.05, 0.1) is 13.2 Å². The van der Waals surface area contributed by atoms with Crippen molar-refractivity contribution in [3.63, 3.8) is 0 Å². The largest absolute Gasteiger partial charge is 0.497 e. The molecule has 0 fully saturated rings. The zero-order chi connectivity index (χ0) is 14.5. The highest BCUT2D eigenvalue weighted by molar-refractivity contribution is 6.34. The molecule has 20 heavy (non-hydrogen) atoms. The fourth-order valence-corrected chi connectivity index (χ4v) is 2.74. The maximum atomic E-state index is 6.10. The van der Waals surface area contributed by atoms with Crippen molar-refractivity contribution in [2.24, 2.45) is 0 Å². The van der Waals surface area contributed by atoms with Crippen molar-refractivity contribution in [3.05, 3.63) is 63.6 Å². The molecule has 1 N–H and O–H groups in total. The Hall–Kier alpha value is -1.22. The normalized spacial score (nSPS) is 12.2. The number of methoxy groups -OCH3 is 1. The molecule has 0 spiro atoms. The molecule has 0 aliphatic heterocycles. The number of ether oxygens (including phenoxy) is 1. The summed E-state index contributed by atoms with van der Waals surface area (Å²) >= 11 is 12.2. The zero-order valence-corrected chi connectivity index (χ0v) is 13.0. The Morgan fingerprint density at radius 3 is 2.35 bits per heavy atom. The summed E-state index contributed by atoms with van der Waals surface area (Å²) in [5.74, 6) is 0.832. The first-order valence-corrected chi connectivity index (χ1v) is 7.23. The Bertz CT molecular complexity index is 566. The van der Waals surface area contributed by atoms with Crippen LogP contribution < -0.4 is 10.1 Å². The van der Waals surface area contributed by atoms with Gasteiger partial charge in [-0.3, -0.25) is 0 Å². The van der Waals surface area contributed by atoms with Crippen molar-refractivity contribution in [3.8, 4) is 5.75 Å². The highest BCUT2D eigenvalue weighted by atomic mass is 35.5. The molecule has 0 aromatic heterocycles. The van der Waals surface area contributed by atoms with Crippen molar-refractivity contribution in [1.82, 2.24) is 5.32 Å². The fraction of sp³-hybridized carbons (Fsp3) is 0.250. The first-order valence-electron chi connectivity index (χ1n) is 6.47. The number of nitrogens with one attached hydrogen (secondary N) is 1. The maximum Gasteiger partial charge on any atom is 0.119 e. The van der Waals surface area contributed by atoms with Gasteiger partial charge in [0.1, 0.15) is 5.75 Å². The molecule has 0 bridgehead atoms. The monoisotopic (exact) mass is 309 g/mol. The Morgan fingerprint density at radius 2 is 1.75 bits per heavy atom. The SMILES string of the molecule is CCNC(c1cc(Cl)cc(Cl)c1)c1cccc(OC)c1. The summed E-state index contributed by atoms with van der Waals surface area (Å²) < 4.78 is 5.29.